The van der Waals surface area contributed by atoms with E-state index in [1.165, 1.54) is 13.2 Å². The van der Waals surface area contributed by atoms with Gasteiger partial charge >= 0.3 is 5.97 Å². The molecular formula is C34H33FN4O5. The first-order chi connectivity index (χ1) is 21.5. The molecule has 0 aliphatic carbocycles. The Bertz CT molecular complexity index is 1750. The average Bonchev–Trinajstić information content (AvgIpc) is 3.37. The Morgan fingerprint density at radius 1 is 1.11 bits per heavy atom. The van der Waals surface area contributed by atoms with Gasteiger partial charge in [0, 0.05) is 17.7 Å². The fourth-order valence-corrected chi connectivity index (χ4v) is 6.42. The highest BCUT2D eigenvalue weighted by Gasteiger charge is 2.31. The van der Waals surface area contributed by atoms with Crippen molar-refractivity contribution in [1.29, 1.82) is 5.26 Å². The van der Waals surface area contributed by atoms with E-state index in [0.29, 0.717) is 35.7 Å². The van der Waals surface area contributed by atoms with Crippen LogP contribution in [-0.2, 0) is 22.6 Å². The normalized spacial score (nSPS) is 20.2. The van der Waals surface area contributed by atoms with Crippen molar-refractivity contribution < 1.29 is 28.1 Å². The van der Waals surface area contributed by atoms with E-state index in [9.17, 15) is 9.18 Å². The van der Waals surface area contributed by atoms with Gasteiger partial charge in [-0.05, 0) is 74.7 Å². The number of ether oxygens (including phenoxy) is 4. The first kappa shape index (κ1) is 28.3. The number of nitriles is 1. The molecule has 44 heavy (non-hydrogen) atoms. The second-order valence-electron chi connectivity index (χ2n) is 11.6. The molecule has 1 unspecified atom stereocenters. The quantitative estimate of drug-likeness (QED) is 0.258. The van der Waals surface area contributed by atoms with Crippen LogP contribution in [-0.4, -0.2) is 59.9 Å². The minimum atomic E-state index is -0.594. The Hall–Kier alpha value is -4.46. The van der Waals surface area contributed by atoms with Gasteiger partial charge in [-0.25, -0.2) is 14.2 Å². The molecule has 2 fully saturated rings. The maximum absolute atomic E-state index is 14.8. The number of fused-ring (bicyclic) bond motifs is 2. The van der Waals surface area contributed by atoms with Crippen molar-refractivity contribution in [2.75, 3.05) is 33.4 Å². The number of imidazole rings is 1. The van der Waals surface area contributed by atoms with Crippen LogP contribution in [0.15, 0.2) is 54.6 Å². The number of carbonyl (C=O) groups is 1. The van der Waals surface area contributed by atoms with Crippen LogP contribution >= 0.6 is 0 Å². The number of piperidine rings is 1. The van der Waals surface area contributed by atoms with E-state index in [1.807, 2.05) is 30.3 Å². The number of carbonyl (C=O) groups excluding carboxylic acids is 1. The number of esters is 1. The number of hydrogen-bond acceptors (Lipinski definition) is 8. The zero-order valence-corrected chi connectivity index (χ0v) is 24.5. The average molecular weight is 597 g/mol. The number of likely N-dealkylation sites (tertiary alicyclic amines) is 1. The molecule has 2 atom stereocenters. The van der Waals surface area contributed by atoms with Crippen LogP contribution in [0.3, 0.4) is 0 Å². The lowest BCUT2D eigenvalue weighted by atomic mass is 9.88. The van der Waals surface area contributed by atoms with Gasteiger partial charge in [-0.2, -0.15) is 5.26 Å². The summed E-state index contributed by atoms with van der Waals surface area (Å²) in [6, 6.07) is 17.9. The standard InChI is InChI=1S/C34H33FN4O5/c1-41-34(40)23-6-8-28-29(16-23)39(18-24-11-14-42-24)32(37-28)19-38-12-9-22(10-13-38)25-3-2-4-30-33(25)44-31(20-43-30)26-7-5-21(17-36)15-27(26)35/h2-8,15-16,22,24,31H,9-14,18-20H2,1H3/t24-,31?/m0/s1. The molecule has 3 aliphatic heterocycles. The molecule has 0 saturated carbocycles. The predicted octanol–water partition coefficient (Wildman–Crippen LogP) is 5.51. The van der Waals surface area contributed by atoms with E-state index in [2.05, 4.69) is 15.5 Å². The molecule has 0 radical (unpaired) electrons. The Morgan fingerprint density at radius 2 is 1.95 bits per heavy atom. The van der Waals surface area contributed by atoms with E-state index >= 15 is 0 Å². The summed E-state index contributed by atoms with van der Waals surface area (Å²) in [5.41, 5.74) is 4.00. The van der Waals surface area contributed by atoms with Crippen LogP contribution in [0.25, 0.3) is 11.0 Å². The largest absolute Gasteiger partial charge is 0.485 e. The van der Waals surface area contributed by atoms with Crippen molar-refractivity contribution in [3.8, 4) is 17.6 Å². The van der Waals surface area contributed by atoms with Gasteiger partial charge in [-0.15, -0.1) is 0 Å². The molecule has 4 aromatic rings. The van der Waals surface area contributed by atoms with Crippen LogP contribution in [0, 0.1) is 17.1 Å². The van der Waals surface area contributed by atoms with Crippen LogP contribution in [0.1, 0.15) is 64.2 Å². The Labute approximate surface area is 254 Å². The summed E-state index contributed by atoms with van der Waals surface area (Å²) < 4.78 is 40.1. The van der Waals surface area contributed by atoms with E-state index in [4.69, 9.17) is 29.2 Å². The number of hydrogen-bond donors (Lipinski definition) is 0. The summed E-state index contributed by atoms with van der Waals surface area (Å²) in [7, 11) is 1.39. The second-order valence-corrected chi connectivity index (χ2v) is 11.6. The zero-order valence-electron chi connectivity index (χ0n) is 24.5. The van der Waals surface area contributed by atoms with E-state index in [-0.39, 0.29) is 30.2 Å². The molecule has 2 saturated heterocycles. The lowest BCUT2D eigenvalue weighted by molar-refractivity contribution is -0.0592. The van der Waals surface area contributed by atoms with Crippen LogP contribution in [0.5, 0.6) is 11.5 Å². The third-order valence-corrected chi connectivity index (χ3v) is 8.96. The third-order valence-electron chi connectivity index (χ3n) is 8.96. The van der Waals surface area contributed by atoms with Crippen molar-refractivity contribution in [2.24, 2.45) is 0 Å². The second kappa shape index (κ2) is 11.9. The van der Waals surface area contributed by atoms with Crippen molar-refractivity contribution in [2.45, 2.75) is 50.5 Å². The molecular weight excluding hydrogens is 563 g/mol. The van der Waals surface area contributed by atoms with E-state index in [1.54, 1.807) is 18.2 Å². The van der Waals surface area contributed by atoms with Gasteiger partial charge in [0.1, 0.15) is 18.2 Å². The molecule has 3 aromatic carbocycles. The van der Waals surface area contributed by atoms with Crippen molar-refractivity contribution in [3.05, 3.63) is 88.5 Å². The van der Waals surface area contributed by atoms with Crippen LogP contribution in [0.2, 0.25) is 0 Å². The SMILES string of the molecule is COC(=O)c1ccc2nc(CN3CCC(c4cccc5c4OC(c4ccc(C#N)cc4F)CO5)CC3)n(C[C@@H]3CCO3)c2c1. The number of benzene rings is 3. The van der Waals surface area contributed by atoms with E-state index < -0.39 is 11.9 Å². The molecule has 10 heteroatoms. The van der Waals surface area contributed by atoms with Gasteiger partial charge in [-0.3, -0.25) is 4.90 Å². The van der Waals surface area contributed by atoms with Gasteiger partial charge in [0.2, 0.25) is 0 Å². The third kappa shape index (κ3) is 5.38. The predicted molar refractivity (Wildman–Crippen MR) is 159 cm³/mol. The number of nitrogens with zero attached hydrogens (tertiary/aromatic N) is 4. The van der Waals surface area contributed by atoms with Crippen molar-refractivity contribution in [1.82, 2.24) is 14.5 Å². The van der Waals surface area contributed by atoms with Crippen molar-refractivity contribution in [3.63, 3.8) is 0 Å². The summed E-state index contributed by atoms with van der Waals surface area (Å²) in [5.74, 6) is 1.73. The van der Waals surface area contributed by atoms with E-state index in [0.717, 1.165) is 61.4 Å². The smallest absolute Gasteiger partial charge is 0.337 e. The highest BCUT2D eigenvalue weighted by molar-refractivity contribution is 5.93. The minimum absolute atomic E-state index is 0.145. The number of para-hydroxylation sites is 1. The molecule has 9 nitrogen and oxygen atoms in total. The Balaban J connectivity index is 1.07. The molecule has 0 amide bonds. The summed E-state index contributed by atoms with van der Waals surface area (Å²) in [4.78, 5) is 19.6. The Kier molecular flexibility index (Phi) is 7.66. The highest BCUT2D eigenvalue weighted by Crippen LogP contribution is 2.45. The maximum Gasteiger partial charge on any atom is 0.337 e. The highest BCUT2D eigenvalue weighted by atomic mass is 19.1. The molecule has 226 valence electrons. The molecule has 0 spiro atoms. The van der Waals surface area contributed by atoms with Crippen LogP contribution in [0.4, 0.5) is 4.39 Å². The summed E-state index contributed by atoms with van der Waals surface area (Å²) in [5, 5.41) is 9.10. The summed E-state index contributed by atoms with van der Waals surface area (Å²) in [6.07, 6.45) is 2.41. The number of halogens is 1. The van der Waals surface area contributed by atoms with Gasteiger partial charge in [0.05, 0.1) is 54.5 Å². The lowest BCUT2D eigenvalue weighted by Crippen LogP contribution is -2.35. The molecule has 3 aliphatic rings. The van der Waals surface area contributed by atoms with Crippen molar-refractivity contribution >= 4 is 17.0 Å². The fourth-order valence-electron chi connectivity index (χ4n) is 6.42. The minimum Gasteiger partial charge on any atom is -0.485 e. The number of aromatic nitrogens is 2. The van der Waals surface area contributed by atoms with Gasteiger partial charge in [-0.1, -0.05) is 18.2 Å². The summed E-state index contributed by atoms with van der Waals surface area (Å²) >= 11 is 0. The zero-order chi connectivity index (χ0) is 30.2. The molecule has 0 bridgehead atoms. The molecule has 4 heterocycles. The van der Waals surface area contributed by atoms with Gasteiger partial charge in [0.15, 0.2) is 17.6 Å². The molecule has 1 aromatic heterocycles. The fraction of sp³-hybridized carbons (Fsp3) is 0.382. The molecule has 0 N–H and O–H groups in total. The van der Waals surface area contributed by atoms with Crippen LogP contribution < -0.4 is 9.47 Å². The first-order valence-electron chi connectivity index (χ1n) is 15.0. The summed E-state index contributed by atoms with van der Waals surface area (Å²) in [6.45, 7) is 4.11. The van der Waals surface area contributed by atoms with Gasteiger partial charge in [0.25, 0.3) is 0 Å². The molecule has 7 rings (SSSR count). The monoisotopic (exact) mass is 596 g/mol. The Morgan fingerprint density at radius 3 is 2.68 bits per heavy atom. The lowest BCUT2D eigenvalue weighted by Gasteiger charge is -2.35. The number of methoxy groups -OCH3 is 1. The maximum atomic E-state index is 14.8. The first-order valence-corrected chi connectivity index (χ1v) is 15.0. The number of rotatable bonds is 7. The topological polar surface area (TPSA) is 98.8 Å². The van der Waals surface area contributed by atoms with Gasteiger partial charge < -0.3 is 23.5 Å².